The molecule has 0 rings (SSSR count). The van der Waals surface area contributed by atoms with Gasteiger partial charge in [-0.05, 0) is 13.0 Å². The highest BCUT2D eigenvalue weighted by atomic mass is 16.5. The number of rotatable bonds is 4. The highest BCUT2D eigenvalue weighted by molar-refractivity contribution is 5.08. The van der Waals surface area contributed by atoms with E-state index in [9.17, 15) is 0 Å². The molecule has 0 unspecified atom stereocenters. The fourth-order valence-corrected chi connectivity index (χ4v) is 0.285. The van der Waals surface area contributed by atoms with Gasteiger partial charge in [-0.2, -0.15) is 0 Å². The molecule has 0 bridgehead atoms. The number of aliphatic hydroxyl groups excluding tert-OH is 1. The summed E-state index contributed by atoms with van der Waals surface area (Å²) < 4.78 is 4.80. The molecular weight excluding hydrogens is 116 g/mol. The van der Waals surface area contributed by atoms with E-state index >= 15 is 0 Å². The summed E-state index contributed by atoms with van der Waals surface area (Å²) in [7, 11) is 0. The maximum absolute atomic E-state index is 8.25. The Hall–Kier alpha value is -0.760. The van der Waals surface area contributed by atoms with E-state index in [-0.39, 0.29) is 6.61 Å². The largest absolute Gasteiger partial charge is 0.499 e. The van der Waals surface area contributed by atoms with Gasteiger partial charge in [-0.15, -0.1) is 0 Å². The second kappa shape index (κ2) is 5.38. The van der Waals surface area contributed by atoms with Crippen LogP contribution in [0, 0.1) is 0 Å². The Balaban J connectivity index is 3.15. The van der Waals surface area contributed by atoms with Crippen LogP contribution in [0.3, 0.4) is 0 Å². The highest BCUT2D eigenvalue weighted by Gasteiger charge is 1.75. The Morgan fingerprint density at radius 1 is 1.78 bits per heavy atom. The molecule has 0 aromatic rings. The van der Waals surface area contributed by atoms with Crippen LogP contribution in [0.5, 0.6) is 0 Å². The van der Waals surface area contributed by atoms with E-state index in [1.807, 2.05) is 6.92 Å². The first-order valence-corrected chi connectivity index (χ1v) is 2.82. The first-order valence-electron chi connectivity index (χ1n) is 2.82. The van der Waals surface area contributed by atoms with Crippen LogP contribution >= 0.6 is 0 Å². The van der Waals surface area contributed by atoms with Gasteiger partial charge in [-0.25, -0.2) is 0 Å². The average molecular weight is 128 g/mol. The normalized spacial score (nSPS) is 10.0. The molecule has 0 saturated carbocycles. The van der Waals surface area contributed by atoms with Gasteiger partial charge >= 0.3 is 0 Å². The van der Waals surface area contributed by atoms with Gasteiger partial charge in [0.1, 0.15) is 6.61 Å². The summed E-state index contributed by atoms with van der Waals surface area (Å²) in [5.41, 5.74) is 0.938. The minimum absolute atomic E-state index is 0.0561. The maximum atomic E-state index is 8.25. The Kier molecular flexibility index (Phi) is 4.92. The summed E-state index contributed by atoms with van der Waals surface area (Å²) >= 11 is 0. The molecule has 0 aliphatic heterocycles. The lowest BCUT2D eigenvalue weighted by Gasteiger charge is -1.93. The zero-order chi connectivity index (χ0) is 7.11. The quantitative estimate of drug-likeness (QED) is 0.349. The SMILES string of the molecule is C=C(C)C=COCCO. The summed E-state index contributed by atoms with van der Waals surface area (Å²) in [5, 5.41) is 8.25. The van der Waals surface area contributed by atoms with Crippen LogP contribution in [0.15, 0.2) is 24.5 Å². The third-order valence-electron chi connectivity index (χ3n) is 0.658. The van der Waals surface area contributed by atoms with Crippen molar-refractivity contribution in [1.82, 2.24) is 0 Å². The van der Waals surface area contributed by atoms with Gasteiger partial charge in [-0.3, -0.25) is 0 Å². The summed E-state index contributed by atoms with van der Waals surface area (Å²) in [6, 6.07) is 0. The first kappa shape index (κ1) is 8.24. The van der Waals surface area contributed by atoms with Crippen molar-refractivity contribution in [1.29, 1.82) is 0 Å². The fourth-order valence-electron chi connectivity index (χ4n) is 0.285. The summed E-state index contributed by atoms with van der Waals surface area (Å²) in [6.07, 6.45) is 3.27. The van der Waals surface area contributed by atoms with Gasteiger partial charge in [0.25, 0.3) is 0 Å². The molecule has 1 N–H and O–H groups in total. The van der Waals surface area contributed by atoms with Gasteiger partial charge in [0.15, 0.2) is 0 Å². The predicted octanol–water partition coefficient (Wildman–Crippen LogP) is 1.09. The molecule has 0 radical (unpaired) electrons. The van der Waals surface area contributed by atoms with E-state index in [4.69, 9.17) is 9.84 Å². The van der Waals surface area contributed by atoms with Crippen molar-refractivity contribution >= 4 is 0 Å². The van der Waals surface area contributed by atoms with Gasteiger partial charge in [0.05, 0.1) is 12.9 Å². The maximum Gasteiger partial charge on any atom is 0.110 e. The van der Waals surface area contributed by atoms with Crippen LogP contribution in [-0.4, -0.2) is 18.3 Å². The second-order valence-electron chi connectivity index (χ2n) is 1.74. The Bertz CT molecular complexity index is 105. The van der Waals surface area contributed by atoms with E-state index in [0.717, 1.165) is 5.57 Å². The van der Waals surface area contributed by atoms with Crippen molar-refractivity contribution in [3.05, 3.63) is 24.5 Å². The molecule has 2 heteroatoms. The summed E-state index contributed by atoms with van der Waals surface area (Å²) in [6.45, 7) is 5.90. The van der Waals surface area contributed by atoms with Crippen LogP contribution in [0.25, 0.3) is 0 Å². The molecule has 0 fully saturated rings. The second-order valence-corrected chi connectivity index (χ2v) is 1.74. The first-order chi connectivity index (χ1) is 4.27. The molecule has 0 saturated heterocycles. The summed E-state index contributed by atoms with van der Waals surface area (Å²) in [5.74, 6) is 0. The predicted molar refractivity (Wildman–Crippen MR) is 37.0 cm³/mol. The van der Waals surface area contributed by atoms with Crippen molar-refractivity contribution < 1.29 is 9.84 Å². The minimum atomic E-state index is 0.0561. The number of hydrogen-bond acceptors (Lipinski definition) is 2. The molecule has 9 heavy (non-hydrogen) atoms. The number of hydrogen-bond donors (Lipinski definition) is 1. The van der Waals surface area contributed by atoms with Crippen molar-refractivity contribution in [2.45, 2.75) is 6.92 Å². The van der Waals surface area contributed by atoms with E-state index in [1.54, 1.807) is 6.08 Å². The standard InChI is InChI=1S/C7H12O2/c1-7(2)3-5-9-6-4-8/h3,5,8H,1,4,6H2,2H3. The zero-order valence-electron chi connectivity index (χ0n) is 5.63. The highest BCUT2D eigenvalue weighted by Crippen LogP contribution is 1.88. The Morgan fingerprint density at radius 2 is 2.44 bits per heavy atom. The lowest BCUT2D eigenvalue weighted by molar-refractivity contribution is 0.166. The van der Waals surface area contributed by atoms with E-state index in [2.05, 4.69) is 6.58 Å². The zero-order valence-corrected chi connectivity index (χ0v) is 5.63. The van der Waals surface area contributed by atoms with Gasteiger partial charge < -0.3 is 9.84 Å². The lowest BCUT2D eigenvalue weighted by atomic mass is 10.3. The van der Waals surface area contributed by atoms with Crippen molar-refractivity contribution in [2.75, 3.05) is 13.2 Å². The fraction of sp³-hybridized carbons (Fsp3) is 0.429. The van der Waals surface area contributed by atoms with Crippen LogP contribution in [0.4, 0.5) is 0 Å². The van der Waals surface area contributed by atoms with E-state index < -0.39 is 0 Å². The summed E-state index contributed by atoms with van der Waals surface area (Å²) in [4.78, 5) is 0. The molecule has 0 aliphatic rings. The average Bonchev–Trinajstić information content (AvgIpc) is 1.80. The molecule has 0 amide bonds. The van der Waals surface area contributed by atoms with Crippen molar-refractivity contribution in [2.24, 2.45) is 0 Å². The van der Waals surface area contributed by atoms with Gasteiger partial charge in [-0.1, -0.05) is 12.2 Å². The molecule has 0 aromatic heterocycles. The topological polar surface area (TPSA) is 29.5 Å². The van der Waals surface area contributed by atoms with Crippen LogP contribution < -0.4 is 0 Å². The monoisotopic (exact) mass is 128 g/mol. The van der Waals surface area contributed by atoms with E-state index in [1.165, 1.54) is 6.26 Å². The smallest absolute Gasteiger partial charge is 0.110 e. The van der Waals surface area contributed by atoms with Crippen LogP contribution in [-0.2, 0) is 4.74 Å². The molecule has 0 atom stereocenters. The Labute approximate surface area is 55.5 Å². The molecule has 0 aliphatic carbocycles. The molecular formula is C7H12O2. The van der Waals surface area contributed by atoms with Gasteiger partial charge in [0, 0.05) is 0 Å². The van der Waals surface area contributed by atoms with Crippen molar-refractivity contribution in [3.8, 4) is 0 Å². The number of allylic oxidation sites excluding steroid dienone is 2. The number of aliphatic hydroxyl groups is 1. The third kappa shape index (κ3) is 7.24. The van der Waals surface area contributed by atoms with Crippen LogP contribution in [0.2, 0.25) is 0 Å². The van der Waals surface area contributed by atoms with Crippen molar-refractivity contribution in [3.63, 3.8) is 0 Å². The van der Waals surface area contributed by atoms with E-state index in [0.29, 0.717) is 6.61 Å². The van der Waals surface area contributed by atoms with Gasteiger partial charge in [0.2, 0.25) is 0 Å². The minimum Gasteiger partial charge on any atom is -0.499 e. The van der Waals surface area contributed by atoms with Crippen LogP contribution in [0.1, 0.15) is 6.92 Å². The molecule has 52 valence electrons. The molecule has 0 heterocycles. The lowest BCUT2D eigenvalue weighted by Crippen LogP contribution is -1.91. The molecule has 2 nitrogen and oxygen atoms in total. The molecule has 0 aromatic carbocycles. The molecule has 0 spiro atoms. The number of ether oxygens (including phenoxy) is 1. The third-order valence-corrected chi connectivity index (χ3v) is 0.658. The Morgan fingerprint density at radius 3 is 2.89 bits per heavy atom.